The highest BCUT2D eigenvalue weighted by Crippen LogP contribution is 2.31. The second kappa shape index (κ2) is 4.40. The number of anilines is 2. The molecule has 0 aliphatic carbocycles. The molecule has 4 N–H and O–H groups in total. The summed E-state index contributed by atoms with van der Waals surface area (Å²) in [5, 5.41) is 1.50. The minimum absolute atomic E-state index is 0.179. The zero-order valence-electron chi connectivity index (χ0n) is 9.97. The summed E-state index contributed by atoms with van der Waals surface area (Å²) in [5.41, 5.74) is 14.3. The molecule has 4 nitrogen and oxygen atoms in total. The number of fused-ring (bicyclic) bond motifs is 1. The summed E-state index contributed by atoms with van der Waals surface area (Å²) in [4.78, 5) is 8.22. The van der Waals surface area contributed by atoms with E-state index in [9.17, 15) is 0 Å². The molecule has 1 aromatic heterocycles. The van der Waals surface area contributed by atoms with Crippen molar-refractivity contribution in [2.24, 2.45) is 0 Å². The van der Waals surface area contributed by atoms with Gasteiger partial charge in [0, 0.05) is 5.02 Å². The van der Waals surface area contributed by atoms with E-state index >= 15 is 0 Å². The first kappa shape index (κ1) is 11.7. The van der Waals surface area contributed by atoms with Crippen molar-refractivity contribution in [2.75, 3.05) is 11.5 Å². The SMILES string of the molecule is Nc1nc(N)c2c(-c3ccc(Cl)cc3)cccc2n1. The fourth-order valence-corrected chi connectivity index (χ4v) is 2.23. The third kappa shape index (κ3) is 2.06. The molecule has 1 heterocycles. The molecule has 94 valence electrons. The van der Waals surface area contributed by atoms with Crippen molar-refractivity contribution in [1.82, 2.24) is 9.97 Å². The van der Waals surface area contributed by atoms with Crippen molar-refractivity contribution < 1.29 is 0 Å². The first-order chi connectivity index (χ1) is 9.15. The zero-order chi connectivity index (χ0) is 13.4. The minimum atomic E-state index is 0.179. The second-order valence-corrected chi connectivity index (χ2v) is 4.61. The lowest BCUT2D eigenvalue weighted by molar-refractivity contribution is 1.25. The van der Waals surface area contributed by atoms with Crippen LogP contribution in [0.1, 0.15) is 0 Å². The fourth-order valence-electron chi connectivity index (χ4n) is 2.10. The van der Waals surface area contributed by atoms with Crippen LogP contribution in [0.3, 0.4) is 0 Å². The van der Waals surface area contributed by atoms with Gasteiger partial charge in [-0.25, -0.2) is 4.98 Å². The van der Waals surface area contributed by atoms with E-state index in [0.717, 1.165) is 22.0 Å². The second-order valence-electron chi connectivity index (χ2n) is 4.17. The molecule has 0 radical (unpaired) electrons. The number of halogens is 1. The van der Waals surface area contributed by atoms with Gasteiger partial charge in [0.2, 0.25) is 5.95 Å². The van der Waals surface area contributed by atoms with Crippen LogP contribution < -0.4 is 11.5 Å². The normalized spacial score (nSPS) is 10.8. The highest BCUT2D eigenvalue weighted by atomic mass is 35.5. The predicted molar refractivity (Wildman–Crippen MR) is 78.8 cm³/mol. The molecular weight excluding hydrogens is 260 g/mol. The van der Waals surface area contributed by atoms with E-state index < -0.39 is 0 Å². The van der Waals surface area contributed by atoms with Gasteiger partial charge in [0.15, 0.2) is 0 Å². The molecule has 2 aromatic carbocycles. The summed E-state index contributed by atoms with van der Waals surface area (Å²) in [5.74, 6) is 0.561. The van der Waals surface area contributed by atoms with Gasteiger partial charge in [0.1, 0.15) is 5.82 Å². The summed E-state index contributed by atoms with van der Waals surface area (Å²) >= 11 is 5.90. The topological polar surface area (TPSA) is 77.8 Å². The van der Waals surface area contributed by atoms with E-state index in [2.05, 4.69) is 9.97 Å². The fraction of sp³-hybridized carbons (Fsp3) is 0. The number of nitrogen functional groups attached to an aromatic ring is 2. The average Bonchev–Trinajstić information content (AvgIpc) is 2.38. The van der Waals surface area contributed by atoms with E-state index in [1.165, 1.54) is 0 Å². The summed E-state index contributed by atoms with van der Waals surface area (Å²) in [6.45, 7) is 0. The first-order valence-electron chi connectivity index (χ1n) is 5.73. The number of aromatic nitrogens is 2. The predicted octanol–water partition coefficient (Wildman–Crippen LogP) is 3.11. The molecule has 0 unspecified atom stereocenters. The van der Waals surface area contributed by atoms with Gasteiger partial charge < -0.3 is 11.5 Å². The molecule has 0 spiro atoms. The maximum atomic E-state index is 5.97. The van der Waals surface area contributed by atoms with Crippen LogP contribution in [0.25, 0.3) is 22.0 Å². The Kier molecular flexibility index (Phi) is 2.72. The molecule has 0 bridgehead atoms. The summed E-state index contributed by atoms with van der Waals surface area (Å²) in [6.07, 6.45) is 0. The summed E-state index contributed by atoms with van der Waals surface area (Å²) in [6, 6.07) is 13.3. The van der Waals surface area contributed by atoms with Crippen molar-refractivity contribution >= 4 is 34.3 Å². The Hall–Kier alpha value is -2.33. The lowest BCUT2D eigenvalue weighted by Crippen LogP contribution is -2.01. The van der Waals surface area contributed by atoms with Gasteiger partial charge in [-0.15, -0.1) is 0 Å². The van der Waals surface area contributed by atoms with E-state index in [-0.39, 0.29) is 5.95 Å². The number of benzene rings is 2. The van der Waals surface area contributed by atoms with Crippen LogP contribution in [0.2, 0.25) is 5.02 Å². The van der Waals surface area contributed by atoms with E-state index in [4.69, 9.17) is 23.1 Å². The average molecular weight is 271 g/mol. The van der Waals surface area contributed by atoms with E-state index in [1.54, 1.807) is 0 Å². The molecule has 5 heteroatoms. The van der Waals surface area contributed by atoms with Crippen LogP contribution in [-0.2, 0) is 0 Å². The summed E-state index contributed by atoms with van der Waals surface area (Å²) in [7, 11) is 0. The van der Waals surface area contributed by atoms with Crippen LogP contribution in [0.4, 0.5) is 11.8 Å². The van der Waals surface area contributed by atoms with Gasteiger partial charge in [-0.2, -0.15) is 4.98 Å². The molecule has 3 aromatic rings. The van der Waals surface area contributed by atoms with E-state index in [0.29, 0.717) is 10.8 Å². The van der Waals surface area contributed by atoms with Gasteiger partial charge >= 0.3 is 0 Å². The summed E-state index contributed by atoms with van der Waals surface area (Å²) < 4.78 is 0. The third-order valence-corrected chi connectivity index (χ3v) is 3.18. The van der Waals surface area contributed by atoms with Crippen molar-refractivity contribution in [1.29, 1.82) is 0 Å². The molecule has 0 fully saturated rings. The minimum Gasteiger partial charge on any atom is -0.383 e. The van der Waals surface area contributed by atoms with Crippen molar-refractivity contribution in [3.05, 3.63) is 47.5 Å². The van der Waals surface area contributed by atoms with E-state index in [1.807, 2.05) is 42.5 Å². The van der Waals surface area contributed by atoms with Gasteiger partial charge in [0.25, 0.3) is 0 Å². The highest BCUT2D eigenvalue weighted by molar-refractivity contribution is 6.30. The van der Waals surface area contributed by atoms with Crippen LogP contribution in [0, 0.1) is 0 Å². The molecule has 0 atom stereocenters. The molecule has 3 rings (SSSR count). The first-order valence-corrected chi connectivity index (χ1v) is 6.10. The quantitative estimate of drug-likeness (QED) is 0.712. The Balaban J connectivity index is 2.32. The Morgan fingerprint density at radius 2 is 1.63 bits per heavy atom. The van der Waals surface area contributed by atoms with Crippen LogP contribution >= 0.6 is 11.6 Å². The highest BCUT2D eigenvalue weighted by Gasteiger charge is 2.09. The molecule has 0 saturated heterocycles. The Bertz CT molecular complexity index is 753. The van der Waals surface area contributed by atoms with Crippen LogP contribution in [-0.4, -0.2) is 9.97 Å². The largest absolute Gasteiger partial charge is 0.383 e. The van der Waals surface area contributed by atoms with Crippen LogP contribution in [0.15, 0.2) is 42.5 Å². The number of hydrogen-bond donors (Lipinski definition) is 2. The van der Waals surface area contributed by atoms with Crippen molar-refractivity contribution in [3.63, 3.8) is 0 Å². The molecular formula is C14H11ClN4. The number of nitrogens with two attached hydrogens (primary N) is 2. The van der Waals surface area contributed by atoms with Gasteiger partial charge in [0.05, 0.1) is 10.9 Å². The van der Waals surface area contributed by atoms with Gasteiger partial charge in [-0.05, 0) is 29.3 Å². The molecule has 0 aliphatic heterocycles. The zero-order valence-corrected chi connectivity index (χ0v) is 10.7. The number of nitrogens with zero attached hydrogens (tertiary/aromatic N) is 2. The maximum Gasteiger partial charge on any atom is 0.222 e. The monoisotopic (exact) mass is 270 g/mol. The molecule has 0 aliphatic rings. The Morgan fingerprint density at radius 1 is 0.895 bits per heavy atom. The molecule has 0 amide bonds. The smallest absolute Gasteiger partial charge is 0.222 e. The van der Waals surface area contributed by atoms with Gasteiger partial charge in [-0.1, -0.05) is 35.9 Å². The lowest BCUT2D eigenvalue weighted by atomic mass is 10.0. The maximum absolute atomic E-state index is 5.97. The van der Waals surface area contributed by atoms with Crippen molar-refractivity contribution in [3.8, 4) is 11.1 Å². The Labute approximate surface area is 115 Å². The van der Waals surface area contributed by atoms with Gasteiger partial charge in [-0.3, -0.25) is 0 Å². The van der Waals surface area contributed by atoms with Crippen molar-refractivity contribution in [2.45, 2.75) is 0 Å². The number of rotatable bonds is 1. The standard InChI is InChI=1S/C14H11ClN4/c15-9-6-4-8(5-7-9)10-2-1-3-11-12(10)13(16)19-14(17)18-11/h1-7H,(H4,16,17,18,19). The third-order valence-electron chi connectivity index (χ3n) is 2.92. The molecule has 19 heavy (non-hydrogen) atoms. The molecule has 0 saturated carbocycles. The number of hydrogen-bond acceptors (Lipinski definition) is 4. The van der Waals surface area contributed by atoms with Crippen LogP contribution in [0.5, 0.6) is 0 Å². The lowest BCUT2D eigenvalue weighted by Gasteiger charge is -2.09. The Morgan fingerprint density at radius 3 is 2.37 bits per heavy atom.